The molecular formula is C14H12IN3O2. The first-order valence-corrected chi connectivity index (χ1v) is 6.83. The third kappa shape index (κ3) is 3.47. The molecule has 0 atom stereocenters. The number of amidine groups is 1. The molecule has 0 bridgehead atoms. The lowest BCUT2D eigenvalue weighted by molar-refractivity contribution is 0.102. The molecule has 1 amide bonds. The number of benzene rings is 2. The van der Waals surface area contributed by atoms with E-state index in [1.54, 1.807) is 24.3 Å². The summed E-state index contributed by atoms with van der Waals surface area (Å²) in [6.45, 7) is 0. The number of nitrogens with two attached hydrogens (primary N) is 1. The van der Waals surface area contributed by atoms with Crippen LogP contribution in [0.5, 0.6) is 0 Å². The lowest BCUT2D eigenvalue weighted by Gasteiger charge is -2.07. The molecule has 102 valence electrons. The summed E-state index contributed by atoms with van der Waals surface area (Å²) in [5.41, 5.74) is 7.15. The van der Waals surface area contributed by atoms with Gasteiger partial charge in [-0.2, -0.15) is 0 Å². The number of rotatable bonds is 3. The van der Waals surface area contributed by atoms with E-state index in [0.29, 0.717) is 11.1 Å². The lowest BCUT2D eigenvalue weighted by Crippen LogP contribution is -2.16. The van der Waals surface area contributed by atoms with Gasteiger partial charge in [0.15, 0.2) is 5.84 Å². The number of nitrogens with zero attached hydrogens (tertiary/aromatic N) is 1. The molecule has 0 radical (unpaired) electrons. The Balaban J connectivity index is 2.21. The van der Waals surface area contributed by atoms with E-state index in [1.165, 1.54) is 0 Å². The molecule has 0 saturated carbocycles. The highest BCUT2D eigenvalue weighted by Crippen LogP contribution is 2.14. The molecule has 2 aromatic rings. The fourth-order valence-corrected chi connectivity index (χ4v) is 2.19. The molecule has 4 N–H and O–H groups in total. The Kier molecular flexibility index (Phi) is 4.57. The second-order valence-electron chi connectivity index (χ2n) is 4.03. The van der Waals surface area contributed by atoms with Crippen molar-refractivity contribution in [2.45, 2.75) is 0 Å². The van der Waals surface area contributed by atoms with Crippen molar-refractivity contribution in [2.75, 3.05) is 5.32 Å². The smallest absolute Gasteiger partial charge is 0.255 e. The van der Waals surface area contributed by atoms with Gasteiger partial charge >= 0.3 is 0 Å². The number of amides is 1. The van der Waals surface area contributed by atoms with Crippen LogP contribution < -0.4 is 11.1 Å². The van der Waals surface area contributed by atoms with Crippen molar-refractivity contribution in [1.29, 1.82) is 0 Å². The zero-order valence-corrected chi connectivity index (χ0v) is 12.5. The van der Waals surface area contributed by atoms with Crippen molar-refractivity contribution in [2.24, 2.45) is 10.9 Å². The fraction of sp³-hybridized carbons (Fsp3) is 0. The standard InChI is InChI=1S/C14H12IN3O2/c15-11-5-2-6-12(8-11)17-14(19)10-4-1-3-9(7-10)13(16)18-20/h1-8,20H,(H2,16,18)(H,17,19). The summed E-state index contributed by atoms with van der Waals surface area (Å²) in [6, 6.07) is 14.1. The van der Waals surface area contributed by atoms with Gasteiger partial charge in [0, 0.05) is 20.4 Å². The number of oxime groups is 1. The average Bonchev–Trinajstić information content (AvgIpc) is 2.46. The van der Waals surface area contributed by atoms with E-state index in [4.69, 9.17) is 10.9 Å². The Bertz CT molecular complexity index is 671. The molecule has 0 spiro atoms. The molecule has 0 aromatic heterocycles. The first-order valence-electron chi connectivity index (χ1n) is 5.75. The molecule has 0 unspecified atom stereocenters. The van der Waals surface area contributed by atoms with E-state index in [1.807, 2.05) is 24.3 Å². The normalized spacial score (nSPS) is 11.2. The fourth-order valence-electron chi connectivity index (χ4n) is 1.65. The van der Waals surface area contributed by atoms with Gasteiger partial charge in [0.25, 0.3) is 5.91 Å². The minimum atomic E-state index is -0.250. The summed E-state index contributed by atoms with van der Waals surface area (Å²) in [5.74, 6) is -0.284. The molecule has 0 heterocycles. The van der Waals surface area contributed by atoms with Crippen molar-refractivity contribution in [3.05, 3.63) is 63.2 Å². The van der Waals surface area contributed by atoms with Crippen molar-refractivity contribution in [3.8, 4) is 0 Å². The quantitative estimate of drug-likeness (QED) is 0.251. The van der Waals surface area contributed by atoms with E-state index in [2.05, 4.69) is 33.1 Å². The van der Waals surface area contributed by atoms with Gasteiger partial charge in [-0.3, -0.25) is 4.79 Å². The highest BCUT2D eigenvalue weighted by Gasteiger charge is 2.08. The Labute approximate surface area is 129 Å². The molecule has 0 fully saturated rings. The van der Waals surface area contributed by atoms with E-state index in [0.717, 1.165) is 9.26 Å². The predicted octanol–water partition coefficient (Wildman–Crippen LogP) is 2.64. The maximum atomic E-state index is 12.1. The number of halogens is 1. The second kappa shape index (κ2) is 6.38. The molecule has 0 aliphatic heterocycles. The van der Waals surface area contributed by atoms with Gasteiger partial charge in [-0.15, -0.1) is 0 Å². The first-order chi connectivity index (χ1) is 9.60. The van der Waals surface area contributed by atoms with Crippen LogP contribution in [0.3, 0.4) is 0 Å². The average molecular weight is 381 g/mol. The van der Waals surface area contributed by atoms with Gasteiger partial charge in [-0.05, 0) is 52.9 Å². The third-order valence-corrected chi connectivity index (χ3v) is 3.28. The Morgan fingerprint density at radius 1 is 1.15 bits per heavy atom. The summed E-state index contributed by atoms with van der Waals surface area (Å²) in [6.07, 6.45) is 0. The topological polar surface area (TPSA) is 87.7 Å². The maximum absolute atomic E-state index is 12.1. The Morgan fingerprint density at radius 3 is 2.55 bits per heavy atom. The first kappa shape index (κ1) is 14.3. The zero-order valence-electron chi connectivity index (χ0n) is 10.4. The van der Waals surface area contributed by atoms with Gasteiger partial charge in [0.05, 0.1) is 0 Å². The molecule has 0 saturated heterocycles. The van der Waals surface area contributed by atoms with Crippen molar-refractivity contribution < 1.29 is 10.0 Å². The minimum absolute atomic E-state index is 0.0334. The number of hydrogen-bond donors (Lipinski definition) is 3. The maximum Gasteiger partial charge on any atom is 0.255 e. The summed E-state index contributed by atoms with van der Waals surface area (Å²) in [7, 11) is 0. The number of anilines is 1. The van der Waals surface area contributed by atoms with Crippen molar-refractivity contribution >= 4 is 40.0 Å². The summed E-state index contributed by atoms with van der Waals surface area (Å²) in [4.78, 5) is 12.1. The Morgan fingerprint density at radius 2 is 1.85 bits per heavy atom. The highest BCUT2D eigenvalue weighted by molar-refractivity contribution is 14.1. The van der Waals surface area contributed by atoms with Crippen LogP contribution in [0, 0.1) is 3.57 Å². The van der Waals surface area contributed by atoms with E-state index >= 15 is 0 Å². The number of carbonyl (C=O) groups is 1. The predicted molar refractivity (Wildman–Crippen MR) is 86.1 cm³/mol. The van der Waals surface area contributed by atoms with Crippen LogP contribution in [0.25, 0.3) is 0 Å². The third-order valence-electron chi connectivity index (χ3n) is 2.61. The van der Waals surface area contributed by atoms with Crippen LogP contribution in [0.15, 0.2) is 53.7 Å². The molecular weight excluding hydrogens is 369 g/mol. The Hall–Kier alpha value is -2.09. The number of carbonyl (C=O) groups excluding carboxylic acids is 1. The van der Waals surface area contributed by atoms with Crippen molar-refractivity contribution in [1.82, 2.24) is 0 Å². The van der Waals surface area contributed by atoms with Crippen LogP contribution >= 0.6 is 22.6 Å². The second-order valence-corrected chi connectivity index (χ2v) is 5.28. The molecule has 6 heteroatoms. The number of hydrogen-bond acceptors (Lipinski definition) is 3. The molecule has 2 aromatic carbocycles. The van der Waals surface area contributed by atoms with E-state index < -0.39 is 0 Å². The van der Waals surface area contributed by atoms with Gasteiger partial charge in [0.1, 0.15) is 0 Å². The molecule has 20 heavy (non-hydrogen) atoms. The molecule has 5 nitrogen and oxygen atoms in total. The van der Waals surface area contributed by atoms with Crippen LogP contribution in [0.1, 0.15) is 15.9 Å². The summed E-state index contributed by atoms with van der Waals surface area (Å²) >= 11 is 2.17. The van der Waals surface area contributed by atoms with Gasteiger partial charge in [-0.25, -0.2) is 0 Å². The summed E-state index contributed by atoms with van der Waals surface area (Å²) < 4.78 is 1.03. The molecule has 0 aliphatic carbocycles. The van der Waals surface area contributed by atoms with Crippen LogP contribution in [-0.4, -0.2) is 17.0 Å². The lowest BCUT2D eigenvalue weighted by atomic mass is 10.1. The van der Waals surface area contributed by atoms with Gasteiger partial charge in [-0.1, -0.05) is 23.4 Å². The van der Waals surface area contributed by atoms with Crippen LogP contribution in [0.4, 0.5) is 5.69 Å². The van der Waals surface area contributed by atoms with Crippen LogP contribution in [-0.2, 0) is 0 Å². The van der Waals surface area contributed by atoms with E-state index in [9.17, 15) is 4.79 Å². The SMILES string of the molecule is N/C(=N\O)c1cccc(C(=O)Nc2cccc(I)c2)c1. The molecule has 2 rings (SSSR count). The van der Waals surface area contributed by atoms with Gasteiger partial charge < -0.3 is 16.3 Å². The van der Waals surface area contributed by atoms with E-state index in [-0.39, 0.29) is 11.7 Å². The van der Waals surface area contributed by atoms with Gasteiger partial charge in [0.2, 0.25) is 0 Å². The summed E-state index contributed by atoms with van der Waals surface area (Å²) in [5, 5.41) is 14.4. The van der Waals surface area contributed by atoms with Crippen LogP contribution in [0.2, 0.25) is 0 Å². The molecule has 0 aliphatic rings. The number of nitrogens with one attached hydrogen (secondary N) is 1. The largest absolute Gasteiger partial charge is 0.409 e. The monoisotopic (exact) mass is 381 g/mol. The zero-order chi connectivity index (χ0) is 14.5. The van der Waals surface area contributed by atoms with Crippen molar-refractivity contribution in [3.63, 3.8) is 0 Å². The minimum Gasteiger partial charge on any atom is -0.409 e. The highest BCUT2D eigenvalue weighted by atomic mass is 127.